The molecule has 0 unspecified atom stereocenters. The molecule has 1 nitrogen and oxygen atoms in total. The van der Waals surface area contributed by atoms with Gasteiger partial charge in [0.05, 0.1) is 0 Å². The van der Waals surface area contributed by atoms with Crippen molar-refractivity contribution in [1.82, 2.24) is 0 Å². The molecule has 0 atom stereocenters. The van der Waals surface area contributed by atoms with Crippen LogP contribution >= 0.6 is 0 Å². The van der Waals surface area contributed by atoms with Crippen LogP contribution in [0, 0.1) is 5.92 Å². The molecule has 14 heavy (non-hydrogen) atoms. The highest BCUT2D eigenvalue weighted by molar-refractivity contribution is 5.77. The van der Waals surface area contributed by atoms with E-state index in [9.17, 15) is 4.79 Å². The van der Waals surface area contributed by atoms with Crippen molar-refractivity contribution < 1.29 is 4.79 Å². The summed E-state index contributed by atoms with van der Waals surface area (Å²) in [7, 11) is 0. The molecule has 0 aromatic rings. The zero-order chi connectivity index (χ0) is 11.1. The van der Waals surface area contributed by atoms with Crippen LogP contribution in [0.5, 0.6) is 0 Å². The van der Waals surface area contributed by atoms with E-state index in [0.717, 1.165) is 5.57 Å². The second-order valence-corrected chi connectivity index (χ2v) is 3.94. The highest BCUT2D eigenvalue weighted by Crippen LogP contribution is 2.13. The van der Waals surface area contributed by atoms with E-state index in [2.05, 4.69) is 20.4 Å². The van der Waals surface area contributed by atoms with Gasteiger partial charge in [0.1, 0.15) is 5.78 Å². The first-order chi connectivity index (χ1) is 6.43. The molecule has 0 aromatic carbocycles. The summed E-state index contributed by atoms with van der Waals surface area (Å²) < 4.78 is 0. The third kappa shape index (κ3) is 6.41. The van der Waals surface area contributed by atoms with Crippen LogP contribution in [0.3, 0.4) is 0 Å². The van der Waals surface area contributed by atoms with Crippen molar-refractivity contribution in [2.75, 3.05) is 0 Å². The molecule has 0 fully saturated rings. The Hall–Kier alpha value is -1.11. The first kappa shape index (κ1) is 12.9. The van der Waals surface area contributed by atoms with E-state index in [0.29, 0.717) is 12.3 Å². The van der Waals surface area contributed by atoms with Crippen molar-refractivity contribution in [2.45, 2.75) is 34.1 Å². The lowest BCUT2D eigenvalue weighted by atomic mass is 10.0. The van der Waals surface area contributed by atoms with Gasteiger partial charge in [0.2, 0.25) is 0 Å². The molecule has 0 N–H and O–H groups in total. The molecule has 0 saturated heterocycles. The van der Waals surface area contributed by atoms with Gasteiger partial charge < -0.3 is 0 Å². The van der Waals surface area contributed by atoms with Crippen molar-refractivity contribution >= 4 is 5.78 Å². The zero-order valence-electron chi connectivity index (χ0n) is 9.63. The number of hydrogen-bond donors (Lipinski definition) is 0. The summed E-state index contributed by atoms with van der Waals surface area (Å²) in [5.41, 5.74) is 2.22. The predicted molar refractivity (Wildman–Crippen MR) is 62.2 cm³/mol. The van der Waals surface area contributed by atoms with E-state index < -0.39 is 0 Å². The number of carbonyl (C=O) groups is 1. The average Bonchev–Trinajstić information content (AvgIpc) is 2.02. The van der Waals surface area contributed by atoms with Crippen molar-refractivity contribution in [1.29, 1.82) is 0 Å². The van der Waals surface area contributed by atoms with Gasteiger partial charge in [-0.15, -0.1) is 0 Å². The lowest BCUT2D eigenvalue weighted by Gasteiger charge is -2.05. The van der Waals surface area contributed by atoms with Crippen LogP contribution < -0.4 is 0 Å². The molecule has 0 amide bonds. The number of hydrogen-bond acceptors (Lipinski definition) is 1. The highest BCUT2D eigenvalue weighted by atomic mass is 16.1. The van der Waals surface area contributed by atoms with Crippen molar-refractivity contribution in [3.05, 3.63) is 36.0 Å². The quantitative estimate of drug-likeness (QED) is 0.607. The summed E-state index contributed by atoms with van der Waals surface area (Å²) in [5.74, 6) is 0.650. The number of ketones is 1. The van der Waals surface area contributed by atoms with E-state index >= 15 is 0 Å². The summed E-state index contributed by atoms with van der Waals surface area (Å²) in [6, 6.07) is 0. The summed E-state index contributed by atoms with van der Waals surface area (Å²) in [6.45, 7) is 11.6. The molecule has 0 heterocycles. The van der Waals surface area contributed by atoms with Crippen molar-refractivity contribution in [3.63, 3.8) is 0 Å². The van der Waals surface area contributed by atoms with Gasteiger partial charge >= 0.3 is 0 Å². The third-order valence-electron chi connectivity index (χ3n) is 1.85. The summed E-state index contributed by atoms with van der Waals surface area (Å²) in [4.78, 5) is 10.8. The second-order valence-electron chi connectivity index (χ2n) is 3.94. The number of allylic oxidation sites excluding steroid dienone is 5. The Bertz CT molecular complexity index is 267. The van der Waals surface area contributed by atoms with Gasteiger partial charge in [0.15, 0.2) is 0 Å². The fourth-order valence-electron chi connectivity index (χ4n) is 0.996. The number of carbonyl (C=O) groups excluding carboxylic acids is 1. The second kappa shape index (κ2) is 6.36. The Labute approximate surface area is 87.2 Å². The Morgan fingerprint density at radius 3 is 2.21 bits per heavy atom. The maximum atomic E-state index is 10.8. The fourth-order valence-corrected chi connectivity index (χ4v) is 0.996. The van der Waals surface area contributed by atoms with E-state index in [1.54, 1.807) is 6.92 Å². The van der Waals surface area contributed by atoms with E-state index in [4.69, 9.17) is 0 Å². The standard InChI is InChI=1S/C13H20O/c1-10(2)6-8-13(11(3)4)9-7-12(5)14/h6,8-9,11H,1,7H2,2-5H3/b8-6+,13-9+. The molecule has 0 radical (unpaired) electrons. The zero-order valence-corrected chi connectivity index (χ0v) is 9.63. The minimum Gasteiger partial charge on any atom is -0.300 e. The van der Waals surface area contributed by atoms with Gasteiger partial charge in [0.25, 0.3) is 0 Å². The fraction of sp³-hybridized carbons (Fsp3) is 0.462. The molecule has 0 spiro atoms. The monoisotopic (exact) mass is 192 g/mol. The molecule has 0 bridgehead atoms. The van der Waals surface area contributed by atoms with Gasteiger partial charge in [0, 0.05) is 6.42 Å². The van der Waals surface area contributed by atoms with Gasteiger partial charge in [-0.1, -0.05) is 44.2 Å². The Morgan fingerprint density at radius 1 is 1.29 bits per heavy atom. The van der Waals surface area contributed by atoms with Crippen LogP contribution in [0.2, 0.25) is 0 Å². The smallest absolute Gasteiger partial charge is 0.133 e. The van der Waals surface area contributed by atoms with Gasteiger partial charge in [-0.3, -0.25) is 4.79 Å². The number of Topliss-reactive ketones (excluding diaryl/α,β-unsaturated/α-hetero) is 1. The van der Waals surface area contributed by atoms with Crippen LogP contribution in [0.15, 0.2) is 36.0 Å². The van der Waals surface area contributed by atoms with Crippen LogP contribution in [0.1, 0.15) is 34.1 Å². The van der Waals surface area contributed by atoms with Gasteiger partial charge in [-0.05, 0) is 25.3 Å². The van der Waals surface area contributed by atoms with E-state index in [-0.39, 0.29) is 5.78 Å². The molecule has 0 aromatic heterocycles. The number of rotatable bonds is 5. The van der Waals surface area contributed by atoms with Crippen molar-refractivity contribution in [2.24, 2.45) is 5.92 Å². The molecular weight excluding hydrogens is 172 g/mol. The van der Waals surface area contributed by atoms with Gasteiger partial charge in [-0.25, -0.2) is 0 Å². The normalized spacial score (nSPS) is 12.5. The summed E-state index contributed by atoms with van der Waals surface area (Å²) in [5, 5.41) is 0. The minimum absolute atomic E-state index is 0.201. The Morgan fingerprint density at radius 2 is 1.86 bits per heavy atom. The van der Waals surface area contributed by atoms with E-state index in [1.807, 2.05) is 25.2 Å². The molecule has 0 aliphatic heterocycles. The predicted octanol–water partition coefficient (Wildman–Crippen LogP) is 3.68. The summed E-state index contributed by atoms with van der Waals surface area (Å²) in [6.07, 6.45) is 6.53. The largest absolute Gasteiger partial charge is 0.300 e. The molecule has 1 heteroatoms. The lowest BCUT2D eigenvalue weighted by molar-refractivity contribution is -0.116. The lowest BCUT2D eigenvalue weighted by Crippen LogP contribution is -1.93. The van der Waals surface area contributed by atoms with E-state index in [1.165, 1.54) is 5.57 Å². The molecule has 0 rings (SSSR count). The van der Waals surface area contributed by atoms with Crippen LogP contribution in [-0.2, 0) is 4.79 Å². The SMILES string of the molecule is C=C(C)/C=C/C(=C\CC(C)=O)C(C)C. The van der Waals surface area contributed by atoms with Crippen molar-refractivity contribution in [3.8, 4) is 0 Å². The molecule has 0 aliphatic rings. The average molecular weight is 192 g/mol. The van der Waals surface area contributed by atoms with Crippen LogP contribution in [0.4, 0.5) is 0 Å². The molecule has 78 valence electrons. The Balaban J connectivity index is 4.51. The van der Waals surface area contributed by atoms with Gasteiger partial charge in [-0.2, -0.15) is 0 Å². The minimum atomic E-state index is 0.201. The summed E-state index contributed by atoms with van der Waals surface area (Å²) >= 11 is 0. The third-order valence-corrected chi connectivity index (χ3v) is 1.85. The first-order valence-corrected chi connectivity index (χ1v) is 4.96. The maximum Gasteiger partial charge on any atom is 0.133 e. The Kier molecular flexibility index (Phi) is 5.86. The molecule has 0 saturated carbocycles. The van der Waals surface area contributed by atoms with Crippen LogP contribution in [0.25, 0.3) is 0 Å². The molecular formula is C13H20O. The topological polar surface area (TPSA) is 17.1 Å². The highest BCUT2D eigenvalue weighted by Gasteiger charge is 1.99. The maximum absolute atomic E-state index is 10.8. The van der Waals surface area contributed by atoms with Crippen LogP contribution in [-0.4, -0.2) is 5.78 Å². The molecule has 0 aliphatic carbocycles. The first-order valence-electron chi connectivity index (χ1n) is 4.96.